The fourth-order valence-electron chi connectivity index (χ4n) is 13.1. The van der Waals surface area contributed by atoms with Crippen LogP contribution in [0.25, 0.3) is 77.9 Å². The number of hydrogen-bond acceptors (Lipinski definition) is 0. The van der Waals surface area contributed by atoms with Gasteiger partial charge in [0.15, 0.2) is 0 Å². The molecule has 14 rings (SSSR count). The van der Waals surface area contributed by atoms with Crippen LogP contribution >= 0.6 is 0 Å². The van der Waals surface area contributed by atoms with Crippen LogP contribution in [0.4, 0.5) is 0 Å². The summed E-state index contributed by atoms with van der Waals surface area (Å²) in [5.41, 5.74) is 31.8. The van der Waals surface area contributed by atoms with Gasteiger partial charge in [0.1, 0.15) is 0 Å². The topological polar surface area (TPSA) is 0 Å². The van der Waals surface area contributed by atoms with Gasteiger partial charge in [-0.3, -0.25) is 0 Å². The number of aryl methyl sites for hydroxylation is 10. The normalized spacial score (nSPS) is 11.0. The van der Waals surface area contributed by atoms with E-state index in [9.17, 15) is 0 Å². The summed E-state index contributed by atoms with van der Waals surface area (Å²) in [5.74, 6) is 0. The molecule has 0 saturated carbocycles. The number of hydrogen-bond donors (Lipinski definition) is 0. The first-order valence-corrected chi connectivity index (χ1v) is 53.3. The highest BCUT2D eigenvalue weighted by Gasteiger charge is 2.21. The largest absolute Gasteiger partial charge is 0.0779 e. The zero-order chi connectivity index (χ0) is 79.8. The monoisotopic (exact) mass is 1510 g/mol. The first kappa shape index (κ1) is 85.6. The number of rotatable bonds is 11. The maximum Gasteiger partial charge on any atom is 0.0779 e. The van der Waals surface area contributed by atoms with E-state index < -0.39 is 32.3 Å². The third-order valence-corrected chi connectivity index (χ3v) is 28.3. The Morgan fingerprint density at radius 3 is 0.845 bits per heavy atom. The Kier molecular flexibility index (Phi) is 31.2. The Morgan fingerprint density at radius 2 is 0.436 bits per heavy atom. The van der Waals surface area contributed by atoms with E-state index in [4.69, 9.17) is 0 Å². The zero-order valence-corrected chi connectivity index (χ0v) is 74.3. The Morgan fingerprint density at radius 1 is 0.145 bits per heavy atom. The molecule has 0 aliphatic heterocycles. The summed E-state index contributed by atoms with van der Waals surface area (Å²) < 4.78 is 0. The molecule has 4 heteroatoms. The highest BCUT2D eigenvalue weighted by Crippen LogP contribution is 2.29. The average Bonchev–Trinajstić information content (AvgIpc) is 0.823. The van der Waals surface area contributed by atoms with Gasteiger partial charge in [-0.2, -0.15) is 0 Å². The van der Waals surface area contributed by atoms with Crippen LogP contribution in [0.5, 0.6) is 0 Å². The van der Waals surface area contributed by atoms with Gasteiger partial charge in [0.2, 0.25) is 0 Å². The molecule has 0 aliphatic carbocycles. The Bertz CT molecular complexity index is 5110. The highest BCUT2D eigenvalue weighted by molar-refractivity contribution is 6.90. The van der Waals surface area contributed by atoms with Crippen molar-refractivity contribution in [3.63, 3.8) is 0 Å². The van der Waals surface area contributed by atoms with E-state index in [0.29, 0.717) is 0 Å². The number of benzene rings is 14. The second-order valence-corrected chi connectivity index (χ2v) is 54.0. The van der Waals surface area contributed by atoms with Crippen molar-refractivity contribution < 1.29 is 0 Å². The quantitative estimate of drug-likeness (QED) is 0.113. The van der Waals surface area contributed by atoms with Crippen LogP contribution in [0.15, 0.2) is 340 Å². The van der Waals surface area contributed by atoms with Gasteiger partial charge in [-0.25, -0.2) is 0 Å². The first-order chi connectivity index (χ1) is 52.2. The molecular formula is C106H122Si4. The van der Waals surface area contributed by atoms with Gasteiger partial charge < -0.3 is 0 Å². The van der Waals surface area contributed by atoms with Crippen LogP contribution < -0.4 is 20.7 Å². The van der Waals surface area contributed by atoms with Crippen molar-refractivity contribution >= 4 is 53.0 Å². The molecule has 0 radical (unpaired) electrons. The molecule has 0 nitrogen and oxygen atoms in total. The van der Waals surface area contributed by atoms with E-state index in [1.54, 1.807) is 5.19 Å². The predicted octanol–water partition coefficient (Wildman–Crippen LogP) is 28.7. The molecule has 0 atom stereocenters. The Labute approximate surface area is 669 Å². The minimum atomic E-state index is -1.24. The maximum absolute atomic E-state index is 2.41. The molecule has 110 heavy (non-hydrogen) atoms. The van der Waals surface area contributed by atoms with E-state index in [0.717, 1.165) is 0 Å². The molecular weight excluding hydrogens is 1390 g/mol. The second kappa shape index (κ2) is 40.1. The molecule has 0 bridgehead atoms. The van der Waals surface area contributed by atoms with Gasteiger partial charge >= 0.3 is 0 Å². The van der Waals surface area contributed by atoms with Crippen molar-refractivity contribution in [3.8, 4) is 77.9 Å². The lowest BCUT2D eigenvalue weighted by molar-refractivity contribution is 1.34. The van der Waals surface area contributed by atoms with E-state index in [2.05, 4.69) is 475 Å². The van der Waals surface area contributed by atoms with Crippen molar-refractivity contribution in [2.75, 3.05) is 0 Å². The van der Waals surface area contributed by atoms with Gasteiger partial charge in [-0.15, -0.1) is 0 Å². The Hall–Kier alpha value is -10.1. The van der Waals surface area contributed by atoms with Crippen molar-refractivity contribution in [2.45, 2.75) is 148 Å². The van der Waals surface area contributed by atoms with Gasteiger partial charge in [-0.05, 0) is 169 Å². The van der Waals surface area contributed by atoms with E-state index in [-0.39, 0.29) is 0 Å². The third-order valence-electron chi connectivity index (χ3n) is 20.0. The molecule has 0 saturated heterocycles. The van der Waals surface area contributed by atoms with Crippen LogP contribution in [0, 0.1) is 69.2 Å². The molecule has 0 aliphatic rings. The van der Waals surface area contributed by atoms with Crippen molar-refractivity contribution in [1.82, 2.24) is 0 Å². The fourth-order valence-corrected chi connectivity index (χ4v) is 18.5. The summed E-state index contributed by atoms with van der Waals surface area (Å²) in [6, 6.07) is 122. The van der Waals surface area contributed by atoms with Crippen molar-refractivity contribution in [3.05, 3.63) is 395 Å². The molecule has 14 aromatic carbocycles. The minimum absolute atomic E-state index is 1.17. The molecule has 562 valence electrons. The smallest absolute Gasteiger partial charge is 0.0656 e. The summed E-state index contributed by atoms with van der Waals surface area (Å²) in [6.07, 6.45) is 0. The lowest BCUT2D eigenvalue weighted by Gasteiger charge is -2.20. The SMILES string of the molecule is Cc1cc(C)cc(-c2ccccc2)c1.Cc1ccc(-c2ccc([Si](C)(C)C)cc2)cc1.Cc1ccc(-c2ccccc2)cc1C.Cc1ccc(-c2ccccc2)cc1[Si](C)(C)C.Cc1ccc(C)c(-c2ccccc2)c1.Cc1ccc([Si](C)(C)C)cc1-c1ccccc1.Cc1cccc(-c2ccc([Si](C)(C)C)cc2)c1. The van der Waals surface area contributed by atoms with E-state index in [1.807, 2.05) is 12.1 Å². The highest BCUT2D eigenvalue weighted by atomic mass is 28.3. The van der Waals surface area contributed by atoms with Gasteiger partial charge in [-0.1, -0.05) is 472 Å². The lowest BCUT2D eigenvalue weighted by atomic mass is 9.99. The van der Waals surface area contributed by atoms with E-state index >= 15 is 0 Å². The van der Waals surface area contributed by atoms with Gasteiger partial charge in [0.05, 0.1) is 32.3 Å². The summed E-state index contributed by atoms with van der Waals surface area (Å²) in [5, 5.41) is 6.14. The second-order valence-electron chi connectivity index (χ2n) is 33.8. The summed E-state index contributed by atoms with van der Waals surface area (Å²) in [4.78, 5) is 0. The summed E-state index contributed by atoms with van der Waals surface area (Å²) in [6.45, 7) is 50.2. The predicted molar refractivity (Wildman–Crippen MR) is 502 cm³/mol. The zero-order valence-electron chi connectivity index (χ0n) is 70.3. The molecule has 0 unspecified atom stereocenters. The van der Waals surface area contributed by atoms with Crippen molar-refractivity contribution in [2.24, 2.45) is 0 Å². The summed E-state index contributed by atoms with van der Waals surface area (Å²) >= 11 is 0. The summed E-state index contributed by atoms with van der Waals surface area (Å²) in [7, 11) is -4.80. The first-order valence-electron chi connectivity index (χ1n) is 39.3. The maximum atomic E-state index is 2.41. The lowest BCUT2D eigenvalue weighted by Crippen LogP contribution is -2.39. The molecule has 0 spiro atoms. The van der Waals surface area contributed by atoms with Crippen LogP contribution in [0.3, 0.4) is 0 Å². The van der Waals surface area contributed by atoms with Gasteiger partial charge in [0, 0.05) is 0 Å². The van der Waals surface area contributed by atoms with Crippen LogP contribution in [-0.4, -0.2) is 32.3 Å². The van der Waals surface area contributed by atoms with Crippen molar-refractivity contribution in [1.29, 1.82) is 0 Å². The fraction of sp³-hybridized carbons (Fsp3) is 0.208. The average molecular weight is 1510 g/mol. The molecule has 0 heterocycles. The van der Waals surface area contributed by atoms with Crippen LogP contribution in [-0.2, 0) is 0 Å². The minimum Gasteiger partial charge on any atom is -0.0656 e. The standard InChI is InChI=1S/4C16H20Si.3C14H14/c1-13-5-7-14(8-6-13)15-9-11-16(12-10-15)17(2,3)4;1-13-6-5-7-15(12-13)14-8-10-16(11-9-14)17(2,3)4;1-13-10-11-15(17(2,3)4)12-16(13)14-8-6-5-7-9-14;1-13-10-11-15(12-16(13)17(2,3)4)14-8-6-5-7-9-14;1-11-8-12(2)10-14(9-11)13-6-4-3-5-7-13;1-11-8-9-14(10-12(11)2)13-6-4-3-5-7-13;1-11-8-9-12(2)14(10-11)13-6-4-3-5-7-13/h4*5-12H,1-4H3;3*3-10H,1-2H3. The van der Waals surface area contributed by atoms with Crippen LogP contribution in [0.1, 0.15) is 55.6 Å². The molecule has 0 amide bonds. The molecule has 0 fully saturated rings. The molecule has 14 aromatic rings. The molecule has 0 N–H and O–H groups in total. The van der Waals surface area contributed by atoms with Crippen LogP contribution in [0.2, 0.25) is 78.6 Å². The van der Waals surface area contributed by atoms with Gasteiger partial charge in [0.25, 0.3) is 0 Å². The third kappa shape index (κ3) is 26.6. The molecule has 0 aromatic heterocycles. The van der Waals surface area contributed by atoms with E-state index in [1.165, 1.54) is 149 Å². The Balaban J connectivity index is 0.000000162.